The number of anilines is 1. The molecule has 1 rings (SSSR count). The second-order valence-electron chi connectivity index (χ2n) is 4.10. The smallest absolute Gasteiger partial charge is 0.255 e. The summed E-state index contributed by atoms with van der Waals surface area (Å²) in [5.41, 5.74) is 6.28. The monoisotopic (exact) mass is 290 g/mol. The summed E-state index contributed by atoms with van der Waals surface area (Å²) in [6.07, 6.45) is 1.12. The molecule has 0 atom stereocenters. The van der Waals surface area contributed by atoms with E-state index >= 15 is 0 Å². The van der Waals surface area contributed by atoms with Gasteiger partial charge in [0.25, 0.3) is 5.91 Å². The molecule has 1 aromatic carbocycles. The third-order valence-corrected chi connectivity index (χ3v) is 3.62. The second-order valence-corrected chi connectivity index (χ2v) is 6.76. The van der Waals surface area contributed by atoms with E-state index in [9.17, 15) is 13.2 Å². The maximum atomic E-state index is 12.0. The number of carbonyl (C=O) groups excluding carboxylic acids is 1. The van der Waals surface area contributed by atoms with Gasteiger partial charge in [0.15, 0.2) is 0 Å². The predicted octanol–water partition coefficient (Wildman–Crippen LogP) is 1.04. The fourth-order valence-electron chi connectivity index (χ4n) is 1.32. The number of carbonyl (C=O) groups is 1. The van der Waals surface area contributed by atoms with Crippen molar-refractivity contribution in [3.05, 3.63) is 28.8 Å². The summed E-state index contributed by atoms with van der Waals surface area (Å²) in [6, 6.07) is 4.60. The Morgan fingerprint density at radius 1 is 1.44 bits per heavy atom. The van der Waals surface area contributed by atoms with Gasteiger partial charge in [0.05, 0.1) is 16.3 Å². The molecule has 0 spiro atoms. The summed E-state index contributed by atoms with van der Waals surface area (Å²) >= 11 is 5.90. The van der Waals surface area contributed by atoms with Crippen molar-refractivity contribution in [3.8, 4) is 0 Å². The minimum Gasteiger partial charge on any atom is -0.399 e. The van der Waals surface area contributed by atoms with Crippen molar-refractivity contribution in [1.29, 1.82) is 0 Å². The maximum absolute atomic E-state index is 12.0. The van der Waals surface area contributed by atoms with Crippen LogP contribution in [0.1, 0.15) is 10.4 Å². The van der Waals surface area contributed by atoms with Gasteiger partial charge in [0.2, 0.25) is 0 Å². The number of benzene rings is 1. The molecule has 7 heteroatoms. The highest BCUT2D eigenvalue weighted by atomic mass is 35.5. The Morgan fingerprint density at radius 2 is 2.06 bits per heavy atom. The van der Waals surface area contributed by atoms with Crippen LogP contribution < -0.4 is 5.73 Å². The molecular weight excluding hydrogens is 276 g/mol. The summed E-state index contributed by atoms with van der Waals surface area (Å²) in [7, 11) is -1.58. The van der Waals surface area contributed by atoms with Crippen molar-refractivity contribution in [3.63, 3.8) is 0 Å². The van der Waals surface area contributed by atoms with Gasteiger partial charge in [-0.3, -0.25) is 4.79 Å². The Labute approximate surface area is 111 Å². The lowest BCUT2D eigenvalue weighted by Gasteiger charge is -2.17. The summed E-state index contributed by atoms with van der Waals surface area (Å²) in [6.45, 7) is 0.114. The minimum atomic E-state index is -3.10. The number of sulfone groups is 1. The van der Waals surface area contributed by atoms with Crippen LogP contribution in [0.3, 0.4) is 0 Å². The molecule has 1 aromatic rings. The van der Waals surface area contributed by atoms with Crippen LogP contribution in [0.15, 0.2) is 18.2 Å². The molecule has 2 N–H and O–H groups in total. The van der Waals surface area contributed by atoms with E-state index in [1.54, 1.807) is 6.07 Å². The lowest BCUT2D eigenvalue weighted by molar-refractivity contribution is 0.0803. The van der Waals surface area contributed by atoms with E-state index in [4.69, 9.17) is 17.3 Å². The van der Waals surface area contributed by atoms with Crippen LogP contribution in [-0.2, 0) is 9.84 Å². The van der Waals surface area contributed by atoms with E-state index in [0.29, 0.717) is 10.7 Å². The van der Waals surface area contributed by atoms with E-state index in [1.165, 1.54) is 24.1 Å². The van der Waals surface area contributed by atoms with Gasteiger partial charge in [-0.25, -0.2) is 8.42 Å². The first-order valence-corrected chi connectivity index (χ1v) is 7.63. The van der Waals surface area contributed by atoms with Crippen LogP contribution >= 0.6 is 11.6 Å². The highest BCUT2D eigenvalue weighted by Crippen LogP contribution is 2.20. The first-order valence-electron chi connectivity index (χ1n) is 5.19. The first kappa shape index (κ1) is 14.8. The van der Waals surface area contributed by atoms with Crippen molar-refractivity contribution in [2.75, 3.05) is 31.3 Å². The van der Waals surface area contributed by atoms with Crippen molar-refractivity contribution >= 4 is 33.0 Å². The minimum absolute atomic E-state index is 0.0881. The van der Waals surface area contributed by atoms with Crippen molar-refractivity contribution in [2.24, 2.45) is 0 Å². The lowest BCUT2D eigenvalue weighted by atomic mass is 10.2. The van der Waals surface area contributed by atoms with Crippen molar-refractivity contribution in [1.82, 2.24) is 4.90 Å². The van der Waals surface area contributed by atoms with Gasteiger partial charge in [0, 0.05) is 25.5 Å². The fraction of sp³-hybridized carbons (Fsp3) is 0.364. The van der Waals surface area contributed by atoms with Gasteiger partial charge < -0.3 is 10.6 Å². The Balaban J connectivity index is 2.83. The Bertz CT molecular complexity index is 557. The molecule has 0 unspecified atom stereocenters. The van der Waals surface area contributed by atoms with Gasteiger partial charge >= 0.3 is 0 Å². The van der Waals surface area contributed by atoms with Crippen LogP contribution in [0, 0.1) is 0 Å². The van der Waals surface area contributed by atoms with Gasteiger partial charge in [-0.15, -0.1) is 0 Å². The molecule has 1 amide bonds. The van der Waals surface area contributed by atoms with Crippen LogP contribution in [0.25, 0.3) is 0 Å². The standard InChI is InChI=1S/C11H15ClN2O3S/c1-14(5-6-18(2,16)17)11(15)9-7-8(13)3-4-10(9)12/h3-4,7H,5-6,13H2,1-2H3. The third kappa shape index (κ3) is 4.19. The molecule has 0 aliphatic rings. The number of nitrogen functional groups attached to an aromatic ring is 1. The molecule has 0 aromatic heterocycles. The average Bonchev–Trinajstić information content (AvgIpc) is 2.27. The van der Waals surface area contributed by atoms with E-state index in [2.05, 4.69) is 0 Å². The number of hydrogen-bond acceptors (Lipinski definition) is 4. The molecule has 0 saturated carbocycles. The number of halogens is 1. The highest BCUT2D eigenvalue weighted by Gasteiger charge is 2.16. The Hall–Kier alpha value is -1.27. The van der Waals surface area contributed by atoms with E-state index in [-0.39, 0.29) is 23.8 Å². The number of nitrogens with two attached hydrogens (primary N) is 1. The zero-order chi connectivity index (χ0) is 13.9. The molecule has 0 bridgehead atoms. The molecular formula is C11H15ClN2O3S. The number of hydrogen-bond donors (Lipinski definition) is 1. The fourth-order valence-corrected chi connectivity index (χ4v) is 2.12. The summed E-state index contributed by atoms with van der Waals surface area (Å²) < 4.78 is 22.1. The van der Waals surface area contributed by atoms with Crippen LogP contribution in [0.4, 0.5) is 5.69 Å². The van der Waals surface area contributed by atoms with Crippen LogP contribution in [-0.4, -0.2) is 44.8 Å². The molecule has 0 fully saturated rings. The maximum Gasteiger partial charge on any atom is 0.255 e. The summed E-state index contributed by atoms with van der Waals surface area (Å²) in [5, 5.41) is 0.292. The molecule has 0 radical (unpaired) electrons. The van der Waals surface area contributed by atoms with Gasteiger partial charge in [-0.05, 0) is 18.2 Å². The molecule has 18 heavy (non-hydrogen) atoms. The Kier molecular flexibility index (Phi) is 4.59. The average molecular weight is 291 g/mol. The van der Waals surface area contributed by atoms with Crippen LogP contribution in [0.5, 0.6) is 0 Å². The highest BCUT2D eigenvalue weighted by molar-refractivity contribution is 7.90. The van der Waals surface area contributed by atoms with E-state index < -0.39 is 9.84 Å². The number of rotatable bonds is 4. The number of amides is 1. The summed E-state index contributed by atoms with van der Waals surface area (Å²) in [4.78, 5) is 13.3. The van der Waals surface area contributed by atoms with Gasteiger partial charge in [-0.2, -0.15) is 0 Å². The van der Waals surface area contributed by atoms with Crippen molar-refractivity contribution < 1.29 is 13.2 Å². The SMILES string of the molecule is CN(CCS(C)(=O)=O)C(=O)c1cc(N)ccc1Cl. The predicted molar refractivity (Wildman–Crippen MR) is 72.5 cm³/mol. The van der Waals surface area contributed by atoms with Gasteiger partial charge in [-0.1, -0.05) is 11.6 Å². The Morgan fingerprint density at radius 3 is 2.61 bits per heavy atom. The second kappa shape index (κ2) is 5.58. The molecule has 100 valence electrons. The van der Waals surface area contributed by atoms with Gasteiger partial charge in [0.1, 0.15) is 9.84 Å². The molecule has 0 aliphatic carbocycles. The molecule has 0 saturated heterocycles. The lowest BCUT2D eigenvalue weighted by Crippen LogP contribution is -2.31. The molecule has 0 aliphatic heterocycles. The normalized spacial score (nSPS) is 11.3. The van der Waals surface area contributed by atoms with E-state index in [1.807, 2.05) is 0 Å². The van der Waals surface area contributed by atoms with E-state index in [0.717, 1.165) is 6.26 Å². The van der Waals surface area contributed by atoms with Crippen LogP contribution in [0.2, 0.25) is 5.02 Å². The quantitative estimate of drug-likeness (QED) is 0.840. The number of nitrogens with zero attached hydrogens (tertiary/aromatic N) is 1. The zero-order valence-electron chi connectivity index (χ0n) is 10.2. The van der Waals surface area contributed by atoms with Crippen molar-refractivity contribution in [2.45, 2.75) is 0 Å². The first-order chi connectivity index (χ1) is 8.20. The molecule has 0 heterocycles. The topological polar surface area (TPSA) is 80.5 Å². The molecule has 5 nitrogen and oxygen atoms in total. The third-order valence-electron chi connectivity index (χ3n) is 2.37. The summed E-state index contributed by atoms with van der Waals surface area (Å²) in [5.74, 6) is -0.439. The largest absolute Gasteiger partial charge is 0.399 e. The zero-order valence-corrected chi connectivity index (χ0v) is 11.8.